The van der Waals surface area contributed by atoms with E-state index in [1.165, 1.54) is 18.2 Å². The standard InChI is InChI=1S/C16H16Cl2FNO/c1-10(2)20-9-12-13(17)4-3-5-15(12)21-16-7-6-11(19)8-14(16)18/h3-8,10,20H,9H2,1-2H3. The third-order valence-electron chi connectivity index (χ3n) is 2.88. The molecular weight excluding hydrogens is 312 g/mol. The maximum absolute atomic E-state index is 13.1. The molecule has 0 saturated carbocycles. The summed E-state index contributed by atoms with van der Waals surface area (Å²) in [5.74, 6) is 0.593. The minimum atomic E-state index is -0.403. The Hall–Kier alpha value is -1.29. The van der Waals surface area contributed by atoms with Crippen molar-refractivity contribution in [1.29, 1.82) is 0 Å². The molecular formula is C16H16Cl2FNO. The number of rotatable bonds is 5. The molecule has 2 nitrogen and oxygen atoms in total. The topological polar surface area (TPSA) is 21.3 Å². The van der Waals surface area contributed by atoms with Crippen LogP contribution in [-0.4, -0.2) is 6.04 Å². The lowest BCUT2D eigenvalue weighted by atomic mass is 10.2. The molecule has 0 saturated heterocycles. The van der Waals surface area contributed by atoms with E-state index >= 15 is 0 Å². The first-order valence-electron chi connectivity index (χ1n) is 6.61. The van der Waals surface area contributed by atoms with Crippen molar-refractivity contribution in [2.75, 3.05) is 0 Å². The zero-order valence-corrected chi connectivity index (χ0v) is 13.3. The highest BCUT2D eigenvalue weighted by atomic mass is 35.5. The van der Waals surface area contributed by atoms with Gasteiger partial charge in [0.25, 0.3) is 0 Å². The molecule has 1 N–H and O–H groups in total. The van der Waals surface area contributed by atoms with Crippen molar-refractivity contribution in [3.63, 3.8) is 0 Å². The third-order valence-corrected chi connectivity index (χ3v) is 3.53. The highest BCUT2D eigenvalue weighted by Gasteiger charge is 2.11. The molecule has 0 heterocycles. The Kier molecular flexibility index (Phi) is 5.45. The van der Waals surface area contributed by atoms with Crippen LogP contribution in [0.1, 0.15) is 19.4 Å². The van der Waals surface area contributed by atoms with Crippen LogP contribution < -0.4 is 10.1 Å². The molecule has 0 fully saturated rings. The molecule has 0 atom stereocenters. The number of ether oxygens (including phenoxy) is 1. The average Bonchev–Trinajstić information content (AvgIpc) is 2.41. The monoisotopic (exact) mass is 327 g/mol. The Morgan fingerprint density at radius 2 is 1.86 bits per heavy atom. The van der Waals surface area contributed by atoms with Crippen LogP contribution in [-0.2, 0) is 6.54 Å². The smallest absolute Gasteiger partial charge is 0.146 e. The average molecular weight is 328 g/mol. The molecule has 0 amide bonds. The SMILES string of the molecule is CC(C)NCc1c(Cl)cccc1Oc1ccc(F)cc1Cl. The predicted octanol–water partition coefficient (Wildman–Crippen LogP) is 5.42. The van der Waals surface area contributed by atoms with E-state index in [0.29, 0.717) is 29.1 Å². The van der Waals surface area contributed by atoms with Gasteiger partial charge in [-0.15, -0.1) is 0 Å². The highest BCUT2D eigenvalue weighted by Crippen LogP contribution is 2.34. The Morgan fingerprint density at radius 3 is 2.52 bits per heavy atom. The minimum Gasteiger partial charge on any atom is -0.455 e. The summed E-state index contributed by atoms with van der Waals surface area (Å²) in [5, 5.41) is 4.13. The molecule has 21 heavy (non-hydrogen) atoms. The van der Waals surface area contributed by atoms with Gasteiger partial charge < -0.3 is 10.1 Å². The molecule has 2 aromatic rings. The van der Waals surface area contributed by atoms with E-state index in [1.54, 1.807) is 12.1 Å². The summed E-state index contributed by atoms with van der Waals surface area (Å²) in [7, 11) is 0. The van der Waals surface area contributed by atoms with Gasteiger partial charge in [-0.3, -0.25) is 0 Å². The number of benzene rings is 2. The number of hydrogen-bond donors (Lipinski definition) is 1. The second-order valence-corrected chi connectivity index (χ2v) is 5.74. The van der Waals surface area contributed by atoms with Crippen LogP contribution in [0.15, 0.2) is 36.4 Å². The first kappa shape index (κ1) is 16.1. The van der Waals surface area contributed by atoms with Crippen molar-refractivity contribution < 1.29 is 9.13 Å². The van der Waals surface area contributed by atoms with Crippen molar-refractivity contribution >= 4 is 23.2 Å². The number of nitrogens with one attached hydrogen (secondary N) is 1. The van der Waals surface area contributed by atoms with Crippen LogP contribution in [0.4, 0.5) is 4.39 Å². The molecule has 0 unspecified atom stereocenters. The van der Waals surface area contributed by atoms with Gasteiger partial charge in [-0.1, -0.05) is 43.1 Å². The summed E-state index contributed by atoms with van der Waals surface area (Å²) >= 11 is 12.2. The van der Waals surface area contributed by atoms with E-state index in [-0.39, 0.29) is 5.02 Å². The van der Waals surface area contributed by atoms with Gasteiger partial charge in [0.1, 0.15) is 17.3 Å². The fourth-order valence-corrected chi connectivity index (χ4v) is 2.23. The molecule has 0 radical (unpaired) electrons. The van der Waals surface area contributed by atoms with Gasteiger partial charge in [-0.05, 0) is 30.3 Å². The van der Waals surface area contributed by atoms with Crippen LogP contribution in [0.2, 0.25) is 10.0 Å². The maximum Gasteiger partial charge on any atom is 0.146 e. The maximum atomic E-state index is 13.1. The highest BCUT2D eigenvalue weighted by molar-refractivity contribution is 6.32. The molecule has 0 aromatic heterocycles. The van der Waals surface area contributed by atoms with Crippen molar-refractivity contribution in [1.82, 2.24) is 5.32 Å². The summed E-state index contributed by atoms with van der Waals surface area (Å²) in [6.07, 6.45) is 0. The van der Waals surface area contributed by atoms with Gasteiger partial charge in [0.15, 0.2) is 0 Å². The van der Waals surface area contributed by atoms with Gasteiger partial charge in [0.05, 0.1) is 5.02 Å². The van der Waals surface area contributed by atoms with E-state index in [9.17, 15) is 4.39 Å². The fourth-order valence-electron chi connectivity index (χ4n) is 1.79. The lowest BCUT2D eigenvalue weighted by molar-refractivity contribution is 0.468. The van der Waals surface area contributed by atoms with Crippen molar-refractivity contribution in [3.8, 4) is 11.5 Å². The second kappa shape index (κ2) is 7.12. The molecule has 2 aromatic carbocycles. The Balaban J connectivity index is 2.28. The summed E-state index contributed by atoms with van der Waals surface area (Å²) in [5.41, 5.74) is 0.841. The first-order chi connectivity index (χ1) is 9.97. The molecule has 2 rings (SSSR count). The van der Waals surface area contributed by atoms with Crippen LogP contribution in [0, 0.1) is 5.82 Å². The fraction of sp³-hybridized carbons (Fsp3) is 0.250. The van der Waals surface area contributed by atoms with E-state index in [0.717, 1.165) is 5.56 Å². The molecule has 112 valence electrons. The van der Waals surface area contributed by atoms with Crippen molar-refractivity contribution in [2.45, 2.75) is 26.4 Å². The van der Waals surface area contributed by atoms with Crippen molar-refractivity contribution in [2.24, 2.45) is 0 Å². The molecule has 0 aliphatic carbocycles. The normalized spacial score (nSPS) is 11.0. The summed E-state index contributed by atoms with van der Waals surface area (Å²) < 4.78 is 18.9. The van der Waals surface area contributed by atoms with Gasteiger partial charge >= 0.3 is 0 Å². The van der Waals surface area contributed by atoms with E-state index in [1.807, 2.05) is 19.9 Å². The quantitative estimate of drug-likeness (QED) is 0.791. The molecule has 5 heteroatoms. The lowest BCUT2D eigenvalue weighted by Gasteiger charge is -2.15. The molecule has 0 bridgehead atoms. The number of halogens is 3. The van der Waals surface area contributed by atoms with E-state index in [4.69, 9.17) is 27.9 Å². The molecule has 0 spiro atoms. The third kappa shape index (κ3) is 4.34. The largest absolute Gasteiger partial charge is 0.455 e. The molecule has 0 aliphatic rings. The Morgan fingerprint density at radius 1 is 1.10 bits per heavy atom. The summed E-state index contributed by atoms with van der Waals surface area (Å²) in [4.78, 5) is 0. The second-order valence-electron chi connectivity index (χ2n) is 4.93. The zero-order chi connectivity index (χ0) is 15.4. The minimum absolute atomic E-state index is 0.220. The zero-order valence-electron chi connectivity index (χ0n) is 11.8. The van der Waals surface area contributed by atoms with Crippen LogP contribution in [0.3, 0.4) is 0 Å². The van der Waals surface area contributed by atoms with Gasteiger partial charge in [0, 0.05) is 23.2 Å². The van der Waals surface area contributed by atoms with Crippen LogP contribution in [0.5, 0.6) is 11.5 Å². The van der Waals surface area contributed by atoms with Gasteiger partial charge in [-0.25, -0.2) is 4.39 Å². The van der Waals surface area contributed by atoms with Gasteiger partial charge in [-0.2, -0.15) is 0 Å². The Labute approximate surface area is 133 Å². The molecule has 0 aliphatic heterocycles. The predicted molar refractivity (Wildman–Crippen MR) is 84.9 cm³/mol. The Bertz CT molecular complexity index is 632. The van der Waals surface area contributed by atoms with Crippen molar-refractivity contribution in [3.05, 3.63) is 57.8 Å². The van der Waals surface area contributed by atoms with E-state index in [2.05, 4.69) is 5.32 Å². The lowest BCUT2D eigenvalue weighted by Crippen LogP contribution is -2.22. The van der Waals surface area contributed by atoms with Gasteiger partial charge in [0.2, 0.25) is 0 Å². The summed E-state index contributed by atoms with van der Waals surface area (Å²) in [6, 6.07) is 9.75. The van der Waals surface area contributed by atoms with E-state index < -0.39 is 5.82 Å². The van der Waals surface area contributed by atoms with Crippen LogP contribution >= 0.6 is 23.2 Å². The summed E-state index contributed by atoms with van der Waals surface area (Å²) in [6.45, 7) is 4.67. The first-order valence-corrected chi connectivity index (χ1v) is 7.36. The number of hydrogen-bond acceptors (Lipinski definition) is 2. The van der Waals surface area contributed by atoms with Crippen LogP contribution in [0.25, 0.3) is 0 Å².